The van der Waals surface area contributed by atoms with Gasteiger partial charge in [-0.1, -0.05) is 29.8 Å². The second kappa shape index (κ2) is 10.2. The van der Waals surface area contributed by atoms with E-state index in [2.05, 4.69) is 0 Å². The van der Waals surface area contributed by atoms with E-state index in [0.717, 1.165) is 4.31 Å². The molecule has 0 aliphatic heterocycles. The minimum absolute atomic E-state index is 0.00604. The van der Waals surface area contributed by atoms with Crippen molar-refractivity contribution in [3.63, 3.8) is 0 Å². The van der Waals surface area contributed by atoms with Crippen molar-refractivity contribution in [2.75, 3.05) is 24.6 Å². The van der Waals surface area contributed by atoms with Crippen LogP contribution in [0.2, 0.25) is 5.02 Å². The summed E-state index contributed by atoms with van der Waals surface area (Å²) >= 11 is 6.14. The molecule has 0 spiro atoms. The van der Waals surface area contributed by atoms with Crippen LogP contribution in [0.1, 0.15) is 15.9 Å². The van der Waals surface area contributed by atoms with Gasteiger partial charge in [-0.3, -0.25) is 4.31 Å². The van der Waals surface area contributed by atoms with Crippen molar-refractivity contribution >= 4 is 33.3 Å². The number of para-hydroxylation sites is 1. The lowest BCUT2D eigenvalue weighted by Gasteiger charge is -2.20. The van der Waals surface area contributed by atoms with Gasteiger partial charge in [0.05, 0.1) is 27.9 Å². The van der Waals surface area contributed by atoms with Crippen LogP contribution in [0.15, 0.2) is 77.7 Å². The topological polar surface area (TPSA) is 96.7 Å². The van der Waals surface area contributed by atoms with Crippen LogP contribution in [0, 0.1) is 11.3 Å². The van der Waals surface area contributed by atoms with Crippen LogP contribution in [-0.2, 0) is 14.8 Å². The number of hydrogen-bond acceptors (Lipinski definition) is 6. The first-order valence-corrected chi connectivity index (χ1v) is 11.3. The Morgan fingerprint density at radius 2 is 1.72 bits per heavy atom. The number of carbonyl (C=O) groups is 1. The molecule has 0 atom stereocenters. The van der Waals surface area contributed by atoms with Crippen LogP contribution in [0.25, 0.3) is 0 Å². The maximum Gasteiger partial charge on any atom is 0.338 e. The Bertz CT molecular complexity index is 1240. The van der Waals surface area contributed by atoms with E-state index >= 15 is 0 Å². The smallest absolute Gasteiger partial charge is 0.338 e. The van der Waals surface area contributed by atoms with Gasteiger partial charge >= 0.3 is 5.97 Å². The van der Waals surface area contributed by atoms with E-state index in [0.29, 0.717) is 17.0 Å². The summed E-state index contributed by atoms with van der Waals surface area (Å²) in [6, 6.07) is 21.0. The molecule has 0 N–H and O–H groups in total. The third kappa shape index (κ3) is 5.38. The van der Waals surface area contributed by atoms with Crippen molar-refractivity contribution in [1.82, 2.24) is 0 Å². The van der Waals surface area contributed by atoms with Crippen molar-refractivity contribution in [2.45, 2.75) is 4.90 Å². The van der Waals surface area contributed by atoms with Gasteiger partial charge in [0.25, 0.3) is 10.0 Å². The second-order valence-corrected chi connectivity index (χ2v) is 8.92. The summed E-state index contributed by atoms with van der Waals surface area (Å²) in [4.78, 5) is 12.2. The Morgan fingerprint density at radius 1 is 1.03 bits per heavy atom. The molecule has 3 aromatic carbocycles. The number of ether oxygens (including phenoxy) is 2. The molecule has 0 radical (unpaired) electrons. The van der Waals surface area contributed by atoms with Crippen molar-refractivity contribution in [2.24, 2.45) is 0 Å². The summed E-state index contributed by atoms with van der Waals surface area (Å²) in [5.41, 5.74) is 1.01. The van der Waals surface area contributed by atoms with Gasteiger partial charge in [-0.25, -0.2) is 13.2 Å². The average Bonchev–Trinajstić information content (AvgIpc) is 2.82. The molecule has 0 saturated heterocycles. The molecule has 0 unspecified atom stereocenters. The lowest BCUT2D eigenvalue weighted by molar-refractivity contribution is 0.0450. The van der Waals surface area contributed by atoms with E-state index in [9.17, 15) is 13.2 Å². The number of nitriles is 1. The zero-order valence-electron chi connectivity index (χ0n) is 17.1. The molecule has 164 valence electrons. The highest BCUT2D eigenvalue weighted by Crippen LogP contribution is 2.28. The quantitative estimate of drug-likeness (QED) is 0.360. The van der Waals surface area contributed by atoms with E-state index in [1.807, 2.05) is 6.07 Å². The number of rotatable bonds is 8. The number of carbonyl (C=O) groups excluding carboxylic acids is 1. The van der Waals surface area contributed by atoms with Crippen LogP contribution < -0.4 is 9.04 Å². The molecule has 3 aromatic rings. The van der Waals surface area contributed by atoms with Gasteiger partial charge in [0.15, 0.2) is 0 Å². The van der Waals surface area contributed by atoms with Crippen LogP contribution >= 0.6 is 11.6 Å². The average molecular weight is 471 g/mol. The first-order chi connectivity index (χ1) is 15.3. The molecule has 0 bridgehead atoms. The molecule has 0 saturated carbocycles. The second-order valence-electron chi connectivity index (χ2n) is 6.57. The van der Waals surface area contributed by atoms with Crippen molar-refractivity contribution < 1.29 is 22.7 Å². The van der Waals surface area contributed by atoms with Gasteiger partial charge in [-0.15, -0.1) is 0 Å². The highest BCUT2D eigenvalue weighted by atomic mass is 35.5. The molecular formula is C23H19ClN2O5S. The SMILES string of the molecule is CN(c1ccccc1)S(=O)(=O)c1cc(C(=O)OCCOc2ccc(C#N)cc2)ccc1Cl. The highest BCUT2D eigenvalue weighted by molar-refractivity contribution is 7.93. The maximum atomic E-state index is 13.0. The Labute approximate surface area is 191 Å². The van der Waals surface area contributed by atoms with E-state index in [1.54, 1.807) is 54.6 Å². The molecule has 0 aliphatic rings. The van der Waals surface area contributed by atoms with Gasteiger partial charge in [-0.2, -0.15) is 5.26 Å². The molecule has 3 rings (SSSR count). The molecule has 0 aliphatic carbocycles. The zero-order chi connectivity index (χ0) is 23.1. The summed E-state index contributed by atoms with van der Waals surface area (Å²) in [5.74, 6) is -0.173. The van der Waals surface area contributed by atoms with Crippen LogP contribution in [-0.4, -0.2) is 34.6 Å². The normalized spacial score (nSPS) is 10.8. The van der Waals surface area contributed by atoms with Crippen LogP contribution in [0.4, 0.5) is 5.69 Å². The molecule has 0 fully saturated rings. The minimum atomic E-state index is -4.00. The highest BCUT2D eigenvalue weighted by Gasteiger charge is 2.25. The molecule has 7 nitrogen and oxygen atoms in total. The monoisotopic (exact) mass is 470 g/mol. The Morgan fingerprint density at radius 3 is 2.38 bits per heavy atom. The van der Waals surface area contributed by atoms with Crippen molar-refractivity contribution in [1.29, 1.82) is 5.26 Å². The molecule has 32 heavy (non-hydrogen) atoms. The fourth-order valence-corrected chi connectivity index (χ4v) is 4.45. The van der Waals surface area contributed by atoms with Gasteiger partial charge in [-0.05, 0) is 54.6 Å². The zero-order valence-corrected chi connectivity index (χ0v) is 18.6. The van der Waals surface area contributed by atoms with Gasteiger partial charge in [0.2, 0.25) is 0 Å². The summed E-state index contributed by atoms with van der Waals surface area (Å²) in [7, 11) is -2.59. The summed E-state index contributed by atoms with van der Waals surface area (Å²) in [6.07, 6.45) is 0. The fourth-order valence-electron chi connectivity index (χ4n) is 2.76. The number of esters is 1. The standard InChI is InChI=1S/C23H19ClN2O5S/c1-26(19-5-3-2-4-6-19)32(28,29)22-15-18(9-12-21(22)24)23(27)31-14-13-30-20-10-7-17(16-25)8-11-20/h2-12,15H,13-14H2,1H3. The van der Waals surface area contributed by atoms with E-state index < -0.39 is 16.0 Å². The summed E-state index contributed by atoms with van der Waals surface area (Å²) < 4.78 is 37.8. The lowest BCUT2D eigenvalue weighted by Crippen LogP contribution is -2.27. The van der Waals surface area contributed by atoms with Gasteiger partial charge in [0, 0.05) is 7.05 Å². The van der Waals surface area contributed by atoms with Crippen molar-refractivity contribution in [3.8, 4) is 11.8 Å². The first-order valence-electron chi connectivity index (χ1n) is 9.46. The number of anilines is 1. The van der Waals surface area contributed by atoms with E-state index in [1.165, 1.54) is 25.2 Å². The minimum Gasteiger partial charge on any atom is -0.490 e. The number of nitrogens with zero attached hydrogens (tertiary/aromatic N) is 2. The van der Waals surface area contributed by atoms with Gasteiger partial charge < -0.3 is 9.47 Å². The number of benzene rings is 3. The fraction of sp³-hybridized carbons (Fsp3) is 0.130. The Balaban J connectivity index is 1.66. The molecule has 9 heteroatoms. The van der Waals surface area contributed by atoms with E-state index in [-0.39, 0.29) is 28.7 Å². The largest absolute Gasteiger partial charge is 0.490 e. The summed E-state index contributed by atoms with van der Waals surface area (Å²) in [5, 5.41) is 8.78. The third-order valence-corrected chi connectivity index (χ3v) is 6.76. The van der Waals surface area contributed by atoms with Crippen LogP contribution in [0.3, 0.4) is 0 Å². The predicted molar refractivity (Wildman–Crippen MR) is 120 cm³/mol. The molecule has 0 heterocycles. The number of halogens is 1. The Hall–Kier alpha value is -3.54. The predicted octanol–water partition coefficient (Wildman–Crippen LogP) is 4.27. The maximum absolute atomic E-state index is 13.0. The third-order valence-electron chi connectivity index (χ3n) is 4.49. The van der Waals surface area contributed by atoms with E-state index in [4.69, 9.17) is 26.3 Å². The summed E-state index contributed by atoms with van der Waals surface area (Å²) in [6.45, 7) is 0.0423. The number of hydrogen-bond donors (Lipinski definition) is 0. The van der Waals surface area contributed by atoms with Crippen LogP contribution in [0.5, 0.6) is 5.75 Å². The first kappa shape index (κ1) is 23.1. The van der Waals surface area contributed by atoms with Gasteiger partial charge in [0.1, 0.15) is 23.9 Å². The Kier molecular flexibility index (Phi) is 7.36. The molecule has 0 aromatic heterocycles. The van der Waals surface area contributed by atoms with Crippen molar-refractivity contribution in [3.05, 3.63) is 88.9 Å². The molecule has 0 amide bonds. The number of sulfonamides is 1. The molecular weight excluding hydrogens is 452 g/mol. The lowest BCUT2D eigenvalue weighted by atomic mass is 10.2.